The Labute approximate surface area is 146 Å². The van der Waals surface area contributed by atoms with E-state index < -0.39 is 23.5 Å². The molecule has 0 fully saturated rings. The fourth-order valence-corrected chi connectivity index (χ4v) is 2.45. The smallest absolute Gasteiger partial charge is 0.344 e. The molecule has 2 N–H and O–H groups in total. The quantitative estimate of drug-likeness (QED) is 0.755. The van der Waals surface area contributed by atoms with Gasteiger partial charge < -0.3 is 15.0 Å². The molecule has 0 saturated heterocycles. The molecule has 0 aliphatic heterocycles. The van der Waals surface area contributed by atoms with Gasteiger partial charge >= 0.3 is 5.97 Å². The van der Waals surface area contributed by atoms with Crippen molar-refractivity contribution in [2.24, 2.45) is 0 Å². The first kappa shape index (κ1) is 18.4. The van der Waals surface area contributed by atoms with Gasteiger partial charge in [0.1, 0.15) is 5.56 Å². The molecule has 0 saturated carbocycles. The number of aromatic amines is 1. The fraction of sp³-hybridized carbons (Fsp3) is 0.316. The largest absolute Gasteiger partial charge is 0.449 e. The number of esters is 1. The third kappa shape index (κ3) is 5.04. The maximum absolute atomic E-state index is 12.2. The molecule has 2 aromatic rings. The van der Waals surface area contributed by atoms with Crippen molar-refractivity contribution >= 4 is 11.9 Å². The van der Waals surface area contributed by atoms with Gasteiger partial charge in [-0.3, -0.25) is 9.59 Å². The van der Waals surface area contributed by atoms with Gasteiger partial charge in [0.25, 0.3) is 11.5 Å². The predicted molar refractivity (Wildman–Crippen MR) is 94.4 cm³/mol. The average Bonchev–Trinajstić information content (AvgIpc) is 2.63. The number of H-pyrrole nitrogens is 1. The van der Waals surface area contributed by atoms with Gasteiger partial charge in [-0.15, -0.1) is 0 Å². The van der Waals surface area contributed by atoms with E-state index in [-0.39, 0.29) is 11.5 Å². The molecule has 1 amide bonds. The van der Waals surface area contributed by atoms with E-state index in [0.29, 0.717) is 6.54 Å². The molecule has 1 heterocycles. The van der Waals surface area contributed by atoms with E-state index in [1.54, 1.807) is 0 Å². The van der Waals surface area contributed by atoms with Crippen LogP contribution in [0.1, 0.15) is 42.1 Å². The minimum Gasteiger partial charge on any atom is -0.449 e. The van der Waals surface area contributed by atoms with Crippen LogP contribution in [0.3, 0.4) is 0 Å². The highest BCUT2D eigenvalue weighted by Crippen LogP contribution is 2.18. The van der Waals surface area contributed by atoms with Gasteiger partial charge in [0, 0.05) is 18.7 Å². The maximum atomic E-state index is 12.2. The highest BCUT2D eigenvalue weighted by atomic mass is 16.5. The number of rotatable bonds is 7. The molecule has 1 aromatic carbocycles. The van der Waals surface area contributed by atoms with Gasteiger partial charge in [0.05, 0.1) is 0 Å². The first-order valence-electron chi connectivity index (χ1n) is 8.24. The van der Waals surface area contributed by atoms with Crippen molar-refractivity contribution in [1.29, 1.82) is 0 Å². The number of ether oxygens (including phenoxy) is 1. The predicted octanol–water partition coefficient (Wildman–Crippen LogP) is 2.23. The zero-order chi connectivity index (χ0) is 18.2. The second-order valence-electron chi connectivity index (χ2n) is 5.72. The Hall–Kier alpha value is -2.89. The number of hydrogen-bond donors (Lipinski definition) is 2. The highest BCUT2D eigenvalue weighted by molar-refractivity contribution is 5.91. The van der Waals surface area contributed by atoms with E-state index in [1.165, 1.54) is 25.3 Å². The first-order chi connectivity index (χ1) is 12.0. The molecule has 0 aliphatic carbocycles. The Morgan fingerprint density at radius 1 is 1.16 bits per heavy atom. The number of carbonyl (C=O) groups excluding carboxylic acids is 2. The molecule has 0 radical (unpaired) electrons. The molecular formula is C19H22N2O4. The molecule has 2 atom stereocenters. The molecular weight excluding hydrogens is 320 g/mol. The average molecular weight is 342 g/mol. The number of nitrogens with one attached hydrogen (secondary N) is 2. The summed E-state index contributed by atoms with van der Waals surface area (Å²) >= 11 is 0. The number of pyridine rings is 1. The minimum atomic E-state index is -0.986. The Kier molecular flexibility index (Phi) is 6.51. The fourth-order valence-electron chi connectivity index (χ4n) is 2.45. The van der Waals surface area contributed by atoms with Crippen molar-refractivity contribution in [2.45, 2.75) is 32.3 Å². The molecule has 1 aromatic heterocycles. The van der Waals surface area contributed by atoms with E-state index in [4.69, 9.17) is 4.74 Å². The number of benzene rings is 1. The zero-order valence-electron chi connectivity index (χ0n) is 14.3. The van der Waals surface area contributed by atoms with E-state index in [9.17, 15) is 14.4 Å². The summed E-state index contributed by atoms with van der Waals surface area (Å²) in [5, 5.41) is 2.80. The van der Waals surface area contributed by atoms with Crippen molar-refractivity contribution in [3.8, 4) is 0 Å². The molecule has 0 unspecified atom stereocenters. The number of amides is 1. The lowest BCUT2D eigenvalue weighted by Gasteiger charge is -2.18. The van der Waals surface area contributed by atoms with Crippen LogP contribution in [0.25, 0.3) is 0 Å². The molecule has 6 nitrogen and oxygen atoms in total. The lowest BCUT2D eigenvalue weighted by molar-refractivity contribution is -0.129. The van der Waals surface area contributed by atoms with Crippen LogP contribution in [0.4, 0.5) is 0 Å². The molecule has 0 bridgehead atoms. The van der Waals surface area contributed by atoms with Crippen LogP contribution in [0, 0.1) is 0 Å². The van der Waals surface area contributed by atoms with E-state index in [2.05, 4.69) is 17.2 Å². The number of hydrogen-bond acceptors (Lipinski definition) is 4. The van der Waals surface area contributed by atoms with Crippen LogP contribution in [-0.4, -0.2) is 29.5 Å². The first-order valence-corrected chi connectivity index (χ1v) is 8.24. The summed E-state index contributed by atoms with van der Waals surface area (Å²) in [7, 11) is 0. The van der Waals surface area contributed by atoms with Crippen LogP contribution >= 0.6 is 0 Å². The van der Waals surface area contributed by atoms with Crippen molar-refractivity contribution in [2.75, 3.05) is 6.54 Å². The molecule has 6 heteroatoms. The lowest BCUT2D eigenvalue weighted by Crippen LogP contribution is -2.38. The van der Waals surface area contributed by atoms with Gasteiger partial charge in [0.2, 0.25) is 0 Å². The SMILES string of the molecule is CC[C@H](CNC(=O)[C@@H](C)OC(=O)c1ccc[nH]c1=O)c1ccccc1. The second-order valence-corrected chi connectivity index (χ2v) is 5.72. The van der Waals surface area contributed by atoms with Crippen LogP contribution in [0.5, 0.6) is 0 Å². The topological polar surface area (TPSA) is 88.3 Å². The summed E-state index contributed by atoms with van der Waals surface area (Å²) in [6.07, 6.45) is 1.31. The van der Waals surface area contributed by atoms with Crippen LogP contribution in [0.2, 0.25) is 0 Å². The van der Waals surface area contributed by atoms with Crippen molar-refractivity contribution in [3.63, 3.8) is 0 Å². The summed E-state index contributed by atoms with van der Waals surface area (Å²) in [5.74, 6) is -1.03. The number of carbonyl (C=O) groups is 2. The van der Waals surface area contributed by atoms with Gasteiger partial charge in [-0.2, -0.15) is 0 Å². The third-order valence-corrected chi connectivity index (χ3v) is 3.98. The van der Waals surface area contributed by atoms with Crippen LogP contribution in [-0.2, 0) is 9.53 Å². The third-order valence-electron chi connectivity index (χ3n) is 3.98. The van der Waals surface area contributed by atoms with Gasteiger partial charge in [-0.05, 0) is 31.0 Å². The standard InChI is InChI=1S/C19H22N2O4/c1-3-14(15-8-5-4-6-9-15)12-21-17(22)13(2)25-19(24)16-10-7-11-20-18(16)23/h4-11,13-14H,3,12H2,1-2H3,(H,20,23)(H,21,22)/t13-,14-/m1/s1. The molecule has 0 aliphatic rings. The summed E-state index contributed by atoms with van der Waals surface area (Å²) in [6, 6.07) is 12.8. The van der Waals surface area contributed by atoms with Crippen LogP contribution in [0.15, 0.2) is 53.5 Å². The van der Waals surface area contributed by atoms with Crippen molar-refractivity contribution < 1.29 is 14.3 Å². The Bertz CT molecular complexity index is 770. The minimum absolute atomic E-state index is 0.127. The number of aromatic nitrogens is 1. The monoisotopic (exact) mass is 342 g/mol. The Morgan fingerprint density at radius 2 is 1.88 bits per heavy atom. The zero-order valence-corrected chi connectivity index (χ0v) is 14.3. The summed E-state index contributed by atoms with van der Waals surface area (Å²) in [6.45, 7) is 3.98. The lowest BCUT2D eigenvalue weighted by atomic mass is 9.96. The summed E-state index contributed by atoms with van der Waals surface area (Å²) in [4.78, 5) is 38.1. The second kappa shape index (κ2) is 8.82. The summed E-state index contributed by atoms with van der Waals surface area (Å²) < 4.78 is 5.08. The van der Waals surface area contributed by atoms with Gasteiger partial charge in [0.15, 0.2) is 6.10 Å². The Balaban J connectivity index is 1.91. The van der Waals surface area contributed by atoms with E-state index >= 15 is 0 Å². The summed E-state index contributed by atoms with van der Waals surface area (Å²) in [5.41, 5.74) is 0.471. The van der Waals surface area contributed by atoms with E-state index in [1.807, 2.05) is 30.3 Å². The van der Waals surface area contributed by atoms with Crippen LogP contribution < -0.4 is 10.9 Å². The van der Waals surface area contributed by atoms with Gasteiger partial charge in [-0.25, -0.2) is 4.79 Å². The van der Waals surface area contributed by atoms with Crippen molar-refractivity contribution in [1.82, 2.24) is 10.3 Å². The molecule has 25 heavy (non-hydrogen) atoms. The molecule has 0 spiro atoms. The Morgan fingerprint density at radius 3 is 2.52 bits per heavy atom. The normalized spacial score (nSPS) is 12.9. The molecule has 132 valence electrons. The van der Waals surface area contributed by atoms with E-state index in [0.717, 1.165) is 12.0 Å². The maximum Gasteiger partial charge on any atom is 0.344 e. The molecule has 2 rings (SSSR count). The highest BCUT2D eigenvalue weighted by Gasteiger charge is 2.21. The van der Waals surface area contributed by atoms with Gasteiger partial charge in [-0.1, -0.05) is 37.3 Å². The van der Waals surface area contributed by atoms with Crippen molar-refractivity contribution in [3.05, 3.63) is 70.1 Å².